The predicted octanol–water partition coefficient (Wildman–Crippen LogP) is 5.52. The third-order valence-corrected chi connectivity index (χ3v) is 3.68. The lowest BCUT2D eigenvalue weighted by Gasteiger charge is -2.03. The van der Waals surface area contributed by atoms with Crippen LogP contribution >= 0.6 is 0 Å². The highest BCUT2D eigenvalue weighted by Crippen LogP contribution is 2.29. The van der Waals surface area contributed by atoms with Crippen molar-refractivity contribution in [3.8, 4) is 28.2 Å². The van der Waals surface area contributed by atoms with Gasteiger partial charge in [0.2, 0.25) is 0 Å². The molecule has 0 aliphatic rings. The molecule has 3 aromatic rings. The molecule has 3 rings (SSSR count). The molecular formula is C20H19O2+. The first-order valence-corrected chi connectivity index (χ1v) is 7.32. The van der Waals surface area contributed by atoms with Crippen molar-refractivity contribution in [3.05, 3.63) is 72.0 Å². The summed E-state index contributed by atoms with van der Waals surface area (Å²) in [6.07, 6.45) is 0. The van der Waals surface area contributed by atoms with Crippen molar-refractivity contribution in [1.29, 1.82) is 0 Å². The van der Waals surface area contributed by atoms with Gasteiger partial charge in [-0.2, -0.15) is 0 Å². The zero-order valence-electron chi connectivity index (χ0n) is 13.1. The first-order chi connectivity index (χ1) is 10.7. The van der Waals surface area contributed by atoms with Gasteiger partial charge in [-0.25, -0.2) is 4.42 Å². The lowest BCUT2D eigenvalue weighted by molar-refractivity contribution is 0.415. The Hall–Kier alpha value is -2.61. The van der Waals surface area contributed by atoms with Gasteiger partial charge in [0, 0.05) is 11.6 Å². The Kier molecular flexibility index (Phi) is 3.92. The molecule has 2 nitrogen and oxygen atoms in total. The number of methoxy groups -OCH3 is 1. The number of hydrogen-bond acceptors (Lipinski definition) is 1. The molecule has 0 atom stereocenters. The standard InChI is InChI=1S/C20H19O2/c1-14-4-6-17(7-5-14)20-13-18(12-15(2)22-20)16-8-10-19(21-3)11-9-16/h4-13H,1-3H3/q+1. The molecule has 0 aliphatic carbocycles. The maximum absolute atomic E-state index is 5.89. The second-order valence-electron chi connectivity index (χ2n) is 5.42. The third-order valence-electron chi connectivity index (χ3n) is 3.68. The number of ether oxygens (including phenoxy) is 1. The van der Waals surface area contributed by atoms with Gasteiger partial charge in [0.15, 0.2) is 0 Å². The molecule has 0 bridgehead atoms. The van der Waals surface area contributed by atoms with Crippen LogP contribution < -0.4 is 4.74 Å². The zero-order valence-corrected chi connectivity index (χ0v) is 13.1. The van der Waals surface area contributed by atoms with Gasteiger partial charge in [0.1, 0.15) is 5.75 Å². The average Bonchev–Trinajstić information content (AvgIpc) is 2.55. The van der Waals surface area contributed by atoms with Gasteiger partial charge >= 0.3 is 11.5 Å². The molecule has 0 N–H and O–H groups in total. The van der Waals surface area contributed by atoms with E-state index in [-0.39, 0.29) is 0 Å². The van der Waals surface area contributed by atoms with E-state index in [1.165, 1.54) is 5.56 Å². The highest BCUT2D eigenvalue weighted by Gasteiger charge is 2.16. The molecule has 0 spiro atoms. The van der Waals surface area contributed by atoms with Crippen LogP contribution in [0.5, 0.6) is 5.75 Å². The van der Waals surface area contributed by atoms with Crippen molar-refractivity contribution in [2.75, 3.05) is 7.11 Å². The van der Waals surface area contributed by atoms with Crippen molar-refractivity contribution < 1.29 is 9.15 Å². The Morgan fingerprint density at radius 2 is 1.36 bits per heavy atom. The zero-order chi connectivity index (χ0) is 15.5. The van der Waals surface area contributed by atoms with Crippen molar-refractivity contribution in [2.45, 2.75) is 13.8 Å². The summed E-state index contributed by atoms with van der Waals surface area (Å²) in [4.78, 5) is 0. The van der Waals surface area contributed by atoms with Gasteiger partial charge in [-0.15, -0.1) is 0 Å². The van der Waals surface area contributed by atoms with Crippen LogP contribution in [0.2, 0.25) is 0 Å². The van der Waals surface area contributed by atoms with Gasteiger partial charge in [0.05, 0.1) is 25.7 Å². The lowest BCUT2D eigenvalue weighted by atomic mass is 10.0. The van der Waals surface area contributed by atoms with Crippen LogP contribution in [0, 0.1) is 13.8 Å². The summed E-state index contributed by atoms with van der Waals surface area (Å²) in [5.74, 6) is 2.63. The normalized spacial score (nSPS) is 10.5. The maximum Gasteiger partial charge on any atom is 0.360 e. The molecule has 1 aromatic heterocycles. The minimum atomic E-state index is 0.861. The molecule has 2 aromatic carbocycles. The minimum Gasteiger partial charge on any atom is -0.497 e. The predicted molar refractivity (Wildman–Crippen MR) is 90.0 cm³/mol. The highest BCUT2D eigenvalue weighted by molar-refractivity contribution is 5.70. The fraction of sp³-hybridized carbons (Fsp3) is 0.150. The number of hydrogen-bond donors (Lipinski definition) is 0. The number of benzene rings is 2. The SMILES string of the molecule is COc1ccc(-c2cc(C)[o+]c(-c3ccc(C)cc3)c2)cc1. The van der Waals surface area contributed by atoms with Crippen LogP contribution in [0.25, 0.3) is 22.5 Å². The molecule has 22 heavy (non-hydrogen) atoms. The smallest absolute Gasteiger partial charge is 0.360 e. The van der Waals surface area contributed by atoms with E-state index in [0.29, 0.717) is 0 Å². The Morgan fingerprint density at radius 1 is 0.727 bits per heavy atom. The summed E-state index contributed by atoms with van der Waals surface area (Å²) in [7, 11) is 1.68. The van der Waals surface area contributed by atoms with Crippen LogP contribution in [-0.2, 0) is 0 Å². The summed E-state index contributed by atoms with van der Waals surface area (Å²) in [5.41, 5.74) is 4.62. The van der Waals surface area contributed by atoms with E-state index < -0.39 is 0 Å². The van der Waals surface area contributed by atoms with Crippen molar-refractivity contribution in [3.63, 3.8) is 0 Å². The molecule has 0 saturated carbocycles. The van der Waals surface area contributed by atoms with E-state index >= 15 is 0 Å². The molecule has 0 radical (unpaired) electrons. The van der Waals surface area contributed by atoms with Crippen LogP contribution in [0.1, 0.15) is 11.3 Å². The molecule has 2 heteroatoms. The minimum absolute atomic E-state index is 0.861. The maximum atomic E-state index is 5.89. The van der Waals surface area contributed by atoms with Crippen molar-refractivity contribution in [2.24, 2.45) is 0 Å². The van der Waals surface area contributed by atoms with Crippen LogP contribution in [0.4, 0.5) is 0 Å². The quantitative estimate of drug-likeness (QED) is 0.592. The number of rotatable bonds is 3. The second-order valence-corrected chi connectivity index (χ2v) is 5.42. The first kappa shape index (κ1) is 14.3. The Balaban J connectivity index is 2.03. The van der Waals surface area contributed by atoms with E-state index in [1.54, 1.807) is 7.11 Å². The average molecular weight is 291 g/mol. The molecule has 110 valence electrons. The van der Waals surface area contributed by atoms with Crippen LogP contribution in [0.15, 0.2) is 65.1 Å². The summed E-state index contributed by atoms with van der Waals surface area (Å²) < 4.78 is 11.1. The van der Waals surface area contributed by atoms with E-state index in [4.69, 9.17) is 9.15 Å². The monoisotopic (exact) mass is 291 g/mol. The molecule has 0 aliphatic heterocycles. The third kappa shape index (κ3) is 3.01. The van der Waals surface area contributed by atoms with Gasteiger partial charge in [-0.05, 0) is 36.8 Å². The molecule has 0 saturated heterocycles. The fourth-order valence-corrected chi connectivity index (χ4v) is 2.44. The van der Waals surface area contributed by atoms with Gasteiger partial charge in [-0.1, -0.05) is 29.8 Å². The van der Waals surface area contributed by atoms with E-state index in [1.807, 2.05) is 19.1 Å². The van der Waals surface area contributed by atoms with Crippen LogP contribution in [0.3, 0.4) is 0 Å². The summed E-state index contributed by atoms with van der Waals surface area (Å²) in [6, 6.07) is 20.6. The van der Waals surface area contributed by atoms with E-state index in [9.17, 15) is 0 Å². The molecule has 0 amide bonds. The van der Waals surface area contributed by atoms with Crippen LogP contribution in [-0.4, -0.2) is 7.11 Å². The first-order valence-electron chi connectivity index (χ1n) is 7.32. The molecular weight excluding hydrogens is 272 g/mol. The summed E-state index contributed by atoms with van der Waals surface area (Å²) in [6.45, 7) is 4.06. The molecule has 1 heterocycles. The molecule has 0 unspecified atom stereocenters. The van der Waals surface area contributed by atoms with Crippen molar-refractivity contribution >= 4 is 0 Å². The second kappa shape index (κ2) is 6.02. The fourth-order valence-electron chi connectivity index (χ4n) is 2.44. The lowest BCUT2D eigenvalue weighted by Crippen LogP contribution is -1.86. The highest BCUT2D eigenvalue weighted by atomic mass is 16.5. The van der Waals surface area contributed by atoms with Gasteiger partial charge in [0.25, 0.3) is 0 Å². The van der Waals surface area contributed by atoms with Gasteiger partial charge in [-0.3, -0.25) is 0 Å². The van der Waals surface area contributed by atoms with E-state index in [2.05, 4.69) is 55.5 Å². The molecule has 0 fully saturated rings. The Bertz CT molecular complexity index is 772. The Morgan fingerprint density at radius 3 is 2.00 bits per heavy atom. The van der Waals surface area contributed by atoms with E-state index in [0.717, 1.165) is 34.0 Å². The number of aryl methyl sites for hydroxylation is 2. The Labute approximate surface area is 131 Å². The van der Waals surface area contributed by atoms with Crippen molar-refractivity contribution in [1.82, 2.24) is 0 Å². The largest absolute Gasteiger partial charge is 0.497 e. The van der Waals surface area contributed by atoms with Gasteiger partial charge < -0.3 is 4.74 Å². The summed E-state index contributed by atoms with van der Waals surface area (Å²) >= 11 is 0. The summed E-state index contributed by atoms with van der Waals surface area (Å²) in [5, 5.41) is 0. The topological polar surface area (TPSA) is 20.5 Å².